The van der Waals surface area contributed by atoms with Gasteiger partial charge in [0.25, 0.3) is 0 Å². The highest BCUT2D eigenvalue weighted by Crippen LogP contribution is 2.11. The van der Waals surface area contributed by atoms with Gasteiger partial charge in [-0.15, -0.1) is 0 Å². The predicted octanol–water partition coefficient (Wildman–Crippen LogP) is 3.33. The monoisotopic (exact) mass is 250 g/mol. The van der Waals surface area contributed by atoms with E-state index in [0.29, 0.717) is 17.4 Å². The lowest BCUT2D eigenvalue weighted by Gasteiger charge is -2.03. The maximum Gasteiger partial charge on any atom is 0.223 e. The molecule has 3 nitrogen and oxygen atoms in total. The second-order valence-corrected chi connectivity index (χ2v) is 3.96. The number of furan rings is 1. The summed E-state index contributed by atoms with van der Waals surface area (Å²) >= 11 is 5.83. The van der Waals surface area contributed by atoms with Gasteiger partial charge in [-0.05, 0) is 29.8 Å². The molecule has 1 aromatic carbocycles. The van der Waals surface area contributed by atoms with E-state index in [4.69, 9.17) is 20.8 Å². The Hall–Kier alpha value is -1.58. The number of Topliss-reactive ketones (excluding diaryl/α,β-unsaturated/α-hetero) is 1. The normalized spacial score (nSPS) is 10.4. The van der Waals surface area contributed by atoms with Gasteiger partial charge in [-0.25, -0.2) is 0 Å². The summed E-state index contributed by atoms with van der Waals surface area (Å²) < 4.78 is 10.3. The number of carbonyl (C=O) groups is 1. The molecule has 0 saturated heterocycles. The highest BCUT2D eigenvalue weighted by molar-refractivity contribution is 6.30. The van der Waals surface area contributed by atoms with Gasteiger partial charge in [0, 0.05) is 5.02 Å². The van der Waals surface area contributed by atoms with Crippen LogP contribution in [-0.4, -0.2) is 12.4 Å². The van der Waals surface area contributed by atoms with E-state index in [9.17, 15) is 4.79 Å². The zero-order valence-corrected chi connectivity index (χ0v) is 9.81. The topological polar surface area (TPSA) is 39.4 Å². The molecule has 0 atom stereocenters. The lowest BCUT2D eigenvalue weighted by atomic mass is 10.2. The van der Waals surface area contributed by atoms with Crippen LogP contribution >= 0.6 is 11.6 Å². The molecular weight excluding hydrogens is 240 g/mol. The van der Waals surface area contributed by atoms with Crippen molar-refractivity contribution < 1.29 is 13.9 Å². The van der Waals surface area contributed by atoms with E-state index in [0.717, 1.165) is 5.56 Å². The standard InChI is InChI=1S/C13H11ClO3/c14-11-4-1-3-10(7-11)8-16-9-12(15)13-5-2-6-17-13/h1-7H,8-9H2. The molecule has 0 N–H and O–H groups in total. The smallest absolute Gasteiger partial charge is 0.223 e. The van der Waals surface area contributed by atoms with Crippen LogP contribution in [0.25, 0.3) is 0 Å². The molecule has 1 heterocycles. The third-order valence-electron chi connectivity index (χ3n) is 2.19. The molecular formula is C13H11ClO3. The van der Waals surface area contributed by atoms with Crippen LogP contribution in [0.1, 0.15) is 16.1 Å². The number of ketones is 1. The number of ether oxygens (including phenoxy) is 1. The summed E-state index contributed by atoms with van der Waals surface area (Å²) in [6.07, 6.45) is 1.46. The molecule has 2 rings (SSSR count). The highest BCUT2D eigenvalue weighted by Gasteiger charge is 2.08. The minimum Gasteiger partial charge on any atom is -0.461 e. The van der Waals surface area contributed by atoms with E-state index in [1.165, 1.54) is 6.26 Å². The first kappa shape index (κ1) is 11.9. The van der Waals surface area contributed by atoms with Crippen LogP contribution in [0.2, 0.25) is 5.02 Å². The summed E-state index contributed by atoms with van der Waals surface area (Å²) in [5, 5.41) is 0.656. The van der Waals surface area contributed by atoms with E-state index in [2.05, 4.69) is 0 Å². The van der Waals surface area contributed by atoms with Gasteiger partial charge >= 0.3 is 0 Å². The van der Waals surface area contributed by atoms with Crippen LogP contribution in [-0.2, 0) is 11.3 Å². The summed E-state index contributed by atoms with van der Waals surface area (Å²) in [7, 11) is 0. The Morgan fingerprint density at radius 3 is 2.88 bits per heavy atom. The predicted molar refractivity (Wildman–Crippen MR) is 64.1 cm³/mol. The molecule has 0 spiro atoms. The Labute approximate surface area is 104 Å². The molecule has 0 amide bonds. The largest absolute Gasteiger partial charge is 0.461 e. The fraction of sp³-hybridized carbons (Fsp3) is 0.154. The molecule has 88 valence electrons. The molecule has 1 aromatic heterocycles. The Kier molecular flexibility index (Phi) is 3.96. The first-order valence-corrected chi connectivity index (χ1v) is 5.52. The molecule has 2 aromatic rings. The van der Waals surface area contributed by atoms with Crippen molar-refractivity contribution in [2.75, 3.05) is 6.61 Å². The van der Waals surface area contributed by atoms with Crippen LogP contribution < -0.4 is 0 Å². The van der Waals surface area contributed by atoms with Crippen molar-refractivity contribution in [2.24, 2.45) is 0 Å². The fourth-order valence-corrected chi connectivity index (χ4v) is 1.61. The van der Waals surface area contributed by atoms with Crippen LogP contribution in [0.4, 0.5) is 0 Å². The van der Waals surface area contributed by atoms with E-state index in [1.54, 1.807) is 24.3 Å². The summed E-state index contributed by atoms with van der Waals surface area (Å²) in [6, 6.07) is 10.6. The number of hydrogen-bond acceptors (Lipinski definition) is 3. The molecule has 0 fully saturated rings. The number of carbonyl (C=O) groups excluding carboxylic acids is 1. The zero-order chi connectivity index (χ0) is 12.1. The quantitative estimate of drug-likeness (QED) is 0.764. The zero-order valence-electron chi connectivity index (χ0n) is 9.06. The minimum absolute atomic E-state index is 0.0000265. The Balaban J connectivity index is 1.82. The summed E-state index contributed by atoms with van der Waals surface area (Å²) in [4.78, 5) is 11.5. The van der Waals surface area contributed by atoms with Crippen molar-refractivity contribution in [1.82, 2.24) is 0 Å². The van der Waals surface area contributed by atoms with E-state index in [1.807, 2.05) is 12.1 Å². The first-order chi connectivity index (χ1) is 8.25. The van der Waals surface area contributed by atoms with E-state index >= 15 is 0 Å². The molecule has 0 aliphatic carbocycles. The van der Waals surface area contributed by atoms with Crippen LogP contribution in [0.5, 0.6) is 0 Å². The molecule has 0 unspecified atom stereocenters. The molecule has 0 bridgehead atoms. The van der Waals surface area contributed by atoms with Crippen molar-refractivity contribution in [3.63, 3.8) is 0 Å². The van der Waals surface area contributed by atoms with Gasteiger partial charge in [0.1, 0.15) is 6.61 Å². The van der Waals surface area contributed by atoms with Gasteiger partial charge in [-0.3, -0.25) is 4.79 Å². The van der Waals surface area contributed by atoms with Crippen molar-refractivity contribution in [3.05, 3.63) is 59.0 Å². The SMILES string of the molecule is O=C(COCc1cccc(Cl)c1)c1ccco1. The summed E-state index contributed by atoms with van der Waals surface area (Å²) in [5.41, 5.74) is 0.935. The number of benzene rings is 1. The first-order valence-electron chi connectivity index (χ1n) is 5.14. The second-order valence-electron chi connectivity index (χ2n) is 3.52. The Morgan fingerprint density at radius 1 is 1.29 bits per heavy atom. The number of hydrogen-bond donors (Lipinski definition) is 0. The lowest BCUT2D eigenvalue weighted by molar-refractivity contribution is 0.0700. The average molecular weight is 251 g/mol. The van der Waals surface area contributed by atoms with E-state index in [-0.39, 0.29) is 12.4 Å². The van der Waals surface area contributed by atoms with Gasteiger partial charge in [0.05, 0.1) is 12.9 Å². The van der Waals surface area contributed by atoms with Crippen LogP contribution in [0.3, 0.4) is 0 Å². The molecule has 17 heavy (non-hydrogen) atoms. The Bertz CT molecular complexity index is 491. The van der Waals surface area contributed by atoms with Crippen LogP contribution in [0.15, 0.2) is 47.1 Å². The van der Waals surface area contributed by atoms with Gasteiger partial charge in [-0.2, -0.15) is 0 Å². The molecule has 0 aliphatic heterocycles. The van der Waals surface area contributed by atoms with Gasteiger partial charge in [0.2, 0.25) is 5.78 Å². The lowest BCUT2D eigenvalue weighted by Crippen LogP contribution is -2.08. The maximum atomic E-state index is 11.5. The van der Waals surface area contributed by atoms with Gasteiger partial charge in [0.15, 0.2) is 5.76 Å². The number of halogens is 1. The number of rotatable bonds is 5. The highest BCUT2D eigenvalue weighted by atomic mass is 35.5. The van der Waals surface area contributed by atoms with E-state index < -0.39 is 0 Å². The van der Waals surface area contributed by atoms with Crippen LogP contribution in [0, 0.1) is 0 Å². The summed E-state index contributed by atoms with van der Waals surface area (Å²) in [6.45, 7) is 0.354. The second kappa shape index (κ2) is 5.66. The van der Waals surface area contributed by atoms with Crippen molar-refractivity contribution in [2.45, 2.75) is 6.61 Å². The molecule has 0 aliphatic rings. The van der Waals surface area contributed by atoms with Crippen molar-refractivity contribution in [1.29, 1.82) is 0 Å². The Morgan fingerprint density at radius 2 is 2.18 bits per heavy atom. The molecule has 4 heteroatoms. The average Bonchev–Trinajstić information content (AvgIpc) is 2.82. The molecule has 0 saturated carbocycles. The summed E-state index contributed by atoms with van der Waals surface area (Å²) in [5.74, 6) is 0.146. The van der Waals surface area contributed by atoms with Crippen molar-refractivity contribution >= 4 is 17.4 Å². The maximum absolute atomic E-state index is 11.5. The molecule has 0 radical (unpaired) electrons. The van der Waals surface area contributed by atoms with Gasteiger partial charge in [-0.1, -0.05) is 23.7 Å². The fourth-order valence-electron chi connectivity index (χ4n) is 1.40. The van der Waals surface area contributed by atoms with Gasteiger partial charge < -0.3 is 9.15 Å². The van der Waals surface area contributed by atoms with Crippen molar-refractivity contribution in [3.8, 4) is 0 Å². The third-order valence-corrected chi connectivity index (χ3v) is 2.42. The minimum atomic E-state index is -0.169. The third kappa shape index (κ3) is 3.44.